The van der Waals surface area contributed by atoms with Crippen LogP contribution in [0.4, 0.5) is 0 Å². The second-order valence-corrected chi connectivity index (χ2v) is 10.8. The van der Waals surface area contributed by atoms with Gasteiger partial charge in [-0.1, -0.05) is 60.7 Å². The number of hydrogen-bond donors (Lipinski definition) is 0. The van der Waals surface area contributed by atoms with Gasteiger partial charge in [-0.2, -0.15) is 0 Å². The van der Waals surface area contributed by atoms with Crippen LogP contribution < -0.4 is 4.74 Å². The van der Waals surface area contributed by atoms with Crippen molar-refractivity contribution in [2.24, 2.45) is 0 Å². The van der Waals surface area contributed by atoms with Crippen LogP contribution in [0.1, 0.15) is 58.9 Å². The predicted octanol–water partition coefficient (Wildman–Crippen LogP) is 8.05. The van der Waals surface area contributed by atoms with Crippen LogP contribution in [0.15, 0.2) is 115 Å². The van der Waals surface area contributed by atoms with Gasteiger partial charge in [-0.05, 0) is 107 Å². The molecule has 0 saturated carbocycles. The molecule has 232 valence electrons. The van der Waals surface area contributed by atoms with E-state index in [1.165, 1.54) is 7.11 Å². The molecule has 0 aromatic heterocycles. The van der Waals surface area contributed by atoms with Gasteiger partial charge >= 0.3 is 17.9 Å². The molecule has 0 N–H and O–H groups in total. The first-order valence-corrected chi connectivity index (χ1v) is 14.8. The zero-order chi connectivity index (χ0) is 32.5. The van der Waals surface area contributed by atoms with Gasteiger partial charge < -0.3 is 18.9 Å². The minimum absolute atomic E-state index is 0.00465. The van der Waals surface area contributed by atoms with Crippen molar-refractivity contribution in [1.82, 2.24) is 0 Å². The normalized spacial score (nSPS) is 10.6. The molecule has 46 heavy (non-hydrogen) atoms. The van der Waals surface area contributed by atoms with Crippen molar-refractivity contribution in [2.75, 3.05) is 7.11 Å². The van der Waals surface area contributed by atoms with Crippen molar-refractivity contribution in [2.45, 2.75) is 33.7 Å². The number of ether oxygens (including phenoxy) is 4. The summed E-state index contributed by atoms with van der Waals surface area (Å²) in [5.74, 6) is -0.588. The van der Waals surface area contributed by atoms with E-state index in [2.05, 4.69) is 0 Å². The molecule has 0 bridgehead atoms. The number of rotatable bonds is 11. The monoisotopic (exact) mass is 614 g/mol. The lowest BCUT2D eigenvalue weighted by Crippen LogP contribution is -2.10. The van der Waals surface area contributed by atoms with Gasteiger partial charge in [0.25, 0.3) is 0 Å². The van der Waals surface area contributed by atoms with Crippen molar-refractivity contribution < 1.29 is 33.3 Å². The molecule has 0 atom stereocenters. The average Bonchev–Trinajstić information content (AvgIpc) is 3.10. The quantitative estimate of drug-likeness (QED) is 0.110. The van der Waals surface area contributed by atoms with Crippen molar-refractivity contribution in [1.29, 1.82) is 0 Å². The number of carbonyl (C=O) groups excluding carboxylic acids is 3. The predicted molar refractivity (Wildman–Crippen MR) is 175 cm³/mol. The van der Waals surface area contributed by atoms with Gasteiger partial charge in [-0.3, -0.25) is 0 Å². The first kappa shape index (κ1) is 31.7. The van der Waals surface area contributed by atoms with E-state index in [-0.39, 0.29) is 25.8 Å². The maximum absolute atomic E-state index is 12.7. The number of esters is 3. The Bertz CT molecular complexity index is 1850. The van der Waals surface area contributed by atoms with Crippen LogP contribution in [0.3, 0.4) is 0 Å². The second kappa shape index (κ2) is 14.9. The van der Waals surface area contributed by atoms with E-state index >= 15 is 0 Å². The molecular formula is C39H34O7. The molecule has 0 radical (unpaired) electrons. The summed E-state index contributed by atoms with van der Waals surface area (Å²) in [6.45, 7) is 4.25. The maximum atomic E-state index is 12.7. The highest BCUT2D eigenvalue weighted by atomic mass is 16.5. The van der Waals surface area contributed by atoms with E-state index in [4.69, 9.17) is 18.9 Å². The topological polar surface area (TPSA) is 88.1 Å². The number of carbonyl (C=O) groups is 3. The third kappa shape index (κ3) is 7.87. The van der Waals surface area contributed by atoms with Crippen molar-refractivity contribution in [3.05, 3.63) is 160 Å². The van der Waals surface area contributed by atoms with Crippen LogP contribution in [-0.2, 0) is 34.0 Å². The lowest BCUT2D eigenvalue weighted by Gasteiger charge is -2.15. The lowest BCUT2D eigenvalue weighted by molar-refractivity contribution is 0.0435. The second-order valence-electron chi connectivity index (χ2n) is 10.8. The van der Waals surface area contributed by atoms with Crippen LogP contribution in [0.25, 0.3) is 11.1 Å². The molecule has 0 fully saturated rings. The molecule has 0 spiro atoms. The summed E-state index contributed by atoms with van der Waals surface area (Å²) in [4.78, 5) is 37.3. The van der Waals surface area contributed by atoms with Crippen LogP contribution in [0.2, 0.25) is 0 Å². The highest BCUT2D eigenvalue weighted by Gasteiger charge is 2.15. The van der Waals surface area contributed by atoms with E-state index in [0.717, 1.165) is 33.4 Å². The molecule has 0 heterocycles. The molecule has 0 saturated heterocycles. The number of methoxy groups -OCH3 is 1. The summed E-state index contributed by atoms with van der Waals surface area (Å²) in [5, 5.41) is 0. The van der Waals surface area contributed by atoms with Gasteiger partial charge in [-0.25, -0.2) is 14.4 Å². The van der Waals surface area contributed by atoms with Gasteiger partial charge in [0, 0.05) is 0 Å². The molecule has 0 aliphatic heterocycles. The Kier molecular flexibility index (Phi) is 10.2. The molecule has 0 unspecified atom stereocenters. The summed E-state index contributed by atoms with van der Waals surface area (Å²) < 4.78 is 22.3. The minimum atomic E-state index is -0.448. The lowest BCUT2D eigenvalue weighted by atomic mass is 9.95. The molecule has 0 aliphatic carbocycles. The third-order valence-electron chi connectivity index (χ3n) is 7.56. The Morgan fingerprint density at radius 1 is 0.522 bits per heavy atom. The van der Waals surface area contributed by atoms with Crippen LogP contribution in [-0.4, -0.2) is 25.0 Å². The summed E-state index contributed by atoms with van der Waals surface area (Å²) >= 11 is 0. The highest BCUT2D eigenvalue weighted by Crippen LogP contribution is 2.31. The van der Waals surface area contributed by atoms with E-state index in [9.17, 15) is 14.4 Å². The largest absolute Gasteiger partial charge is 0.489 e. The van der Waals surface area contributed by atoms with Crippen molar-refractivity contribution in [3.63, 3.8) is 0 Å². The third-order valence-corrected chi connectivity index (χ3v) is 7.56. The molecule has 5 aromatic carbocycles. The molecule has 5 rings (SSSR count). The van der Waals surface area contributed by atoms with Gasteiger partial charge in [0.1, 0.15) is 25.6 Å². The fraction of sp³-hybridized carbons (Fsp3) is 0.154. The zero-order valence-corrected chi connectivity index (χ0v) is 25.9. The summed E-state index contributed by atoms with van der Waals surface area (Å²) in [7, 11) is 1.37. The zero-order valence-electron chi connectivity index (χ0n) is 25.9. The fourth-order valence-corrected chi connectivity index (χ4v) is 5.00. The molecule has 0 aliphatic rings. The van der Waals surface area contributed by atoms with E-state index < -0.39 is 11.9 Å². The Labute approximate surface area is 268 Å². The molecule has 7 nitrogen and oxygen atoms in total. The minimum Gasteiger partial charge on any atom is -0.489 e. The van der Waals surface area contributed by atoms with Crippen LogP contribution in [0.5, 0.6) is 5.75 Å². The Hall–Kier alpha value is -5.69. The maximum Gasteiger partial charge on any atom is 0.338 e. The standard InChI is InChI=1S/C39H34O7/c1-26-14-18-34(22-36(26)35-19-17-31(20-27(35)2)37(40)43-3)44-23-28-15-16-32(24-45-38(41)29-10-6-4-7-11-29)33(21-28)25-46-39(42)30-12-8-5-9-13-30/h4-22H,23-25H2,1-3H3. The summed E-state index contributed by atoms with van der Waals surface area (Å²) in [5.41, 5.74) is 7.68. The first-order valence-electron chi connectivity index (χ1n) is 14.8. The van der Waals surface area contributed by atoms with E-state index in [1.54, 1.807) is 54.6 Å². The number of hydrogen-bond acceptors (Lipinski definition) is 7. The molecular weight excluding hydrogens is 580 g/mol. The number of aryl methyl sites for hydroxylation is 2. The van der Waals surface area contributed by atoms with E-state index in [0.29, 0.717) is 28.0 Å². The van der Waals surface area contributed by atoms with Crippen LogP contribution in [0, 0.1) is 13.8 Å². The van der Waals surface area contributed by atoms with Crippen LogP contribution >= 0.6 is 0 Å². The Morgan fingerprint density at radius 3 is 1.76 bits per heavy atom. The Balaban J connectivity index is 1.33. The smallest absolute Gasteiger partial charge is 0.338 e. The molecule has 7 heteroatoms. The number of benzene rings is 5. The van der Waals surface area contributed by atoms with E-state index in [1.807, 2.05) is 74.5 Å². The van der Waals surface area contributed by atoms with Crippen molar-refractivity contribution >= 4 is 17.9 Å². The van der Waals surface area contributed by atoms with Gasteiger partial charge in [0.05, 0.1) is 23.8 Å². The fourth-order valence-electron chi connectivity index (χ4n) is 5.00. The summed E-state index contributed by atoms with van der Waals surface area (Å²) in [6.07, 6.45) is 0. The van der Waals surface area contributed by atoms with Gasteiger partial charge in [-0.15, -0.1) is 0 Å². The summed E-state index contributed by atoms with van der Waals surface area (Å²) in [6, 6.07) is 34.6. The molecule has 0 amide bonds. The Morgan fingerprint density at radius 2 is 1.15 bits per heavy atom. The van der Waals surface area contributed by atoms with Crippen molar-refractivity contribution in [3.8, 4) is 16.9 Å². The highest BCUT2D eigenvalue weighted by molar-refractivity contribution is 5.91. The first-order chi connectivity index (χ1) is 22.3. The molecule has 5 aromatic rings. The van der Waals surface area contributed by atoms with Gasteiger partial charge in [0.2, 0.25) is 0 Å². The average molecular weight is 615 g/mol. The SMILES string of the molecule is COC(=O)c1ccc(-c2cc(OCc3ccc(COC(=O)c4ccccc4)c(COC(=O)c4ccccc4)c3)ccc2C)c(C)c1. The van der Waals surface area contributed by atoms with Gasteiger partial charge in [0.15, 0.2) is 0 Å².